The number of thiazole rings is 1. The van der Waals surface area contributed by atoms with Crippen molar-refractivity contribution in [2.24, 2.45) is 5.16 Å². The Balaban J connectivity index is 1.92. The minimum absolute atomic E-state index is 0.00651. The van der Waals surface area contributed by atoms with E-state index < -0.39 is 87.5 Å². The summed E-state index contributed by atoms with van der Waals surface area (Å²) in [5.74, 6) is -3.12. The fraction of sp³-hybridized carbons (Fsp3) is 0.654. The highest BCUT2D eigenvalue weighted by atomic mass is 32.2. The Morgan fingerprint density at radius 3 is 2.24 bits per heavy atom. The van der Waals surface area contributed by atoms with Crippen LogP contribution in [0.25, 0.3) is 0 Å². The SMILES string of the molecule is C[C@@H]1CN(C[C@@H]2[C@H](NC(=O)/C(=N/OC(C)(C)C(=O)OC(C)(C)C)c3csc(NC(=O)OC(C)(C)C)n3)C(=O)N2S(=O)(=O)O)C(=O)O1. The Morgan fingerprint density at radius 2 is 1.72 bits per heavy atom. The number of esters is 1. The maximum Gasteiger partial charge on any atom is 0.413 e. The van der Waals surface area contributed by atoms with E-state index in [1.165, 1.54) is 19.2 Å². The summed E-state index contributed by atoms with van der Waals surface area (Å²) < 4.78 is 49.3. The van der Waals surface area contributed by atoms with Gasteiger partial charge in [0.2, 0.25) is 5.60 Å². The maximum atomic E-state index is 13.6. The first-order chi connectivity index (χ1) is 20.9. The first kappa shape index (κ1) is 36.4. The molecule has 0 radical (unpaired) electrons. The summed E-state index contributed by atoms with van der Waals surface area (Å²) in [6.07, 6.45) is -2.13. The molecule has 0 aliphatic carbocycles. The quantitative estimate of drug-likeness (QED) is 0.0793. The standard InChI is InChI=1S/C26H38N6O12S2/c1-13-10-31(23(37)41-13)11-15-17(19(34)32(15)46(38,39)40)28-18(33)16(30-44-26(8,9)20(35)42-24(2,3)4)14-12-45-21(27-14)29-22(36)43-25(5,6)7/h12-13,15,17H,10-11H2,1-9H3,(H,28,33)(H,27,29,36)(H,38,39,40)/b30-16+/t13-,15-,17+/m1/s1. The Morgan fingerprint density at radius 1 is 1.11 bits per heavy atom. The molecular formula is C26H38N6O12S2. The number of amides is 4. The van der Waals surface area contributed by atoms with Crippen LogP contribution in [0.3, 0.4) is 0 Å². The molecule has 3 heterocycles. The molecule has 1 aromatic heterocycles. The number of aromatic nitrogens is 1. The molecule has 1 aromatic rings. The molecule has 0 bridgehead atoms. The molecule has 256 valence electrons. The van der Waals surface area contributed by atoms with E-state index in [4.69, 9.17) is 19.0 Å². The van der Waals surface area contributed by atoms with E-state index in [0.29, 0.717) is 0 Å². The molecule has 20 heteroatoms. The number of carbonyl (C=O) groups excluding carboxylic acids is 5. The number of ether oxygens (including phenoxy) is 3. The summed E-state index contributed by atoms with van der Waals surface area (Å²) in [5, 5.41) is 9.92. The molecule has 0 spiro atoms. The van der Waals surface area contributed by atoms with Crippen molar-refractivity contribution in [3.05, 3.63) is 11.1 Å². The van der Waals surface area contributed by atoms with Crippen LogP contribution in [-0.2, 0) is 43.7 Å². The van der Waals surface area contributed by atoms with Crippen molar-refractivity contribution < 1.29 is 56.0 Å². The molecule has 4 amide bonds. The van der Waals surface area contributed by atoms with Crippen molar-refractivity contribution in [3.8, 4) is 0 Å². The smallest absolute Gasteiger partial charge is 0.413 e. The number of hydrogen-bond acceptors (Lipinski definition) is 14. The molecule has 3 rings (SSSR count). The van der Waals surface area contributed by atoms with Gasteiger partial charge < -0.3 is 29.3 Å². The summed E-state index contributed by atoms with van der Waals surface area (Å²) in [7, 11) is -5.07. The zero-order valence-corrected chi connectivity index (χ0v) is 28.4. The molecule has 0 saturated carbocycles. The van der Waals surface area contributed by atoms with Crippen LogP contribution in [0.2, 0.25) is 0 Å². The molecule has 46 heavy (non-hydrogen) atoms. The number of oxime groups is 1. The van der Waals surface area contributed by atoms with E-state index in [1.807, 2.05) is 0 Å². The Bertz CT molecular complexity index is 1530. The van der Waals surface area contributed by atoms with Crippen molar-refractivity contribution in [3.63, 3.8) is 0 Å². The van der Waals surface area contributed by atoms with Gasteiger partial charge in [0.25, 0.3) is 11.8 Å². The van der Waals surface area contributed by atoms with Crippen LogP contribution in [-0.4, -0.2) is 111 Å². The minimum atomic E-state index is -5.07. The van der Waals surface area contributed by atoms with Crippen molar-refractivity contribution in [2.75, 3.05) is 18.4 Å². The third-order valence-electron chi connectivity index (χ3n) is 5.97. The van der Waals surface area contributed by atoms with E-state index in [9.17, 15) is 36.9 Å². The number of nitrogens with one attached hydrogen (secondary N) is 2. The van der Waals surface area contributed by atoms with Gasteiger partial charge in [-0.05, 0) is 62.3 Å². The second kappa shape index (κ2) is 13.0. The van der Waals surface area contributed by atoms with Gasteiger partial charge in [-0.2, -0.15) is 8.42 Å². The zero-order valence-electron chi connectivity index (χ0n) is 26.8. The topological polar surface area (TPSA) is 232 Å². The summed E-state index contributed by atoms with van der Waals surface area (Å²) in [4.78, 5) is 74.3. The van der Waals surface area contributed by atoms with Gasteiger partial charge in [-0.3, -0.25) is 19.5 Å². The predicted octanol–water partition coefficient (Wildman–Crippen LogP) is 1.67. The van der Waals surface area contributed by atoms with Crippen LogP contribution in [0.5, 0.6) is 0 Å². The first-order valence-corrected chi connectivity index (χ1v) is 16.2. The van der Waals surface area contributed by atoms with Crippen LogP contribution >= 0.6 is 11.3 Å². The van der Waals surface area contributed by atoms with Crippen LogP contribution in [0.4, 0.5) is 14.7 Å². The van der Waals surface area contributed by atoms with Crippen molar-refractivity contribution in [1.29, 1.82) is 0 Å². The van der Waals surface area contributed by atoms with Gasteiger partial charge in [-0.15, -0.1) is 11.3 Å². The van der Waals surface area contributed by atoms with E-state index in [-0.39, 0.29) is 21.7 Å². The third-order valence-corrected chi connectivity index (χ3v) is 7.68. The second-order valence-electron chi connectivity index (χ2n) is 12.9. The van der Waals surface area contributed by atoms with E-state index in [1.54, 1.807) is 48.5 Å². The van der Waals surface area contributed by atoms with Gasteiger partial charge in [0.05, 0.1) is 12.6 Å². The number of β-lactam (4-membered cyclic amide) rings is 1. The second-order valence-corrected chi connectivity index (χ2v) is 15.1. The monoisotopic (exact) mass is 690 g/mol. The molecule has 2 aliphatic rings. The number of nitrogens with zero attached hydrogens (tertiary/aromatic N) is 4. The van der Waals surface area contributed by atoms with Crippen molar-refractivity contribution in [1.82, 2.24) is 19.5 Å². The molecule has 3 N–H and O–H groups in total. The number of carbonyl (C=O) groups is 5. The van der Waals surface area contributed by atoms with Gasteiger partial charge in [-0.1, -0.05) is 5.16 Å². The number of rotatable bonds is 10. The number of cyclic esters (lactones) is 1. The molecule has 18 nitrogen and oxygen atoms in total. The molecule has 3 atom stereocenters. The minimum Gasteiger partial charge on any atom is -0.457 e. The summed E-state index contributed by atoms with van der Waals surface area (Å²) >= 11 is 0.886. The molecule has 2 fully saturated rings. The summed E-state index contributed by atoms with van der Waals surface area (Å²) in [5.41, 5.74) is -4.16. The lowest BCUT2D eigenvalue weighted by Crippen LogP contribution is -2.74. The van der Waals surface area contributed by atoms with Gasteiger partial charge in [-0.25, -0.2) is 23.7 Å². The third kappa shape index (κ3) is 9.25. The van der Waals surface area contributed by atoms with E-state index >= 15 is 0 Å². The lowest BCUT2D eigenvalue weighted by molar-refractivity contribution is -0.179. The fourth-order valence-electron chi connectivity index (χ4n) is 4.03. The molecule has 2 saturated heterocycles. The maximum absolute atomic E-state index is 13.6. The summed E-state index contributed by atoms with van der Waals surface area (Å²) in [6, 6.07) is -2.97. The summed E-state index contributed by atoms with van der Waals surface area (Å²) in [6.45, 7) is 13.8. The predicted molar refractivity (Wildman–Crippen MR) is 161 cm³/mol. The molecule has 0 aromatic carbocycles. The van der Waals surface area contributed by atoms with Gasteiger partial charge >= 0.3 is 28.5 Å². The largest absolute Gasteiger partial charge is 0.457 e. The van der Waals surface area contributed by atoms with Crippen molar-refractivity contribution >= 4 is 62.5 Å². The molecule has 2 aliphatic heterocycles. The van der Waals surface area contributed by atoms with E-state index in [2.05, 4.69) is 20.8 Å². The highest BCUT2D eigenvalue weighted by molar-refractivity contribution is 7.84. The lowest BCUT2D eigenvalue weighted by Gasteiger charge is -2.45. The molecule has 0 unspecified atom stereocenters. The lowest BCUT2D eigenvalue weighted by atomic mass is 9.97. The van der Waals surface area contributed by atoms with E-state index in [0.717, 1.165) is 16.2 Å². The number of hydrogen-bond donors (Lipinski definition) is 3. The fourth-order valence-corrected chi connectivity index (χ4v) is 5.58. The normalized spacial score (nSPS) is 20.9. The van der Waals surface area contributed by atoms with Gasteiger partial charge in [0.15, 0.2) is 10.8 Å². The average Bonchev–Trinajstić information content (AvgIpc) is 3.44. The average molecular weight is 691 g/mol. The Kier molecular flexibility index (Phi) is 10.3. The van der Waals surface area contributed by atoms with Crippen LogP contribution in [0.1, 0.15) is 68.0 Å². The zero-order chi connectivity index (χ0) is 35.0. The molecular weight excluding hydrogens is 652 g/mol. The van der Waals surface area contributed by atoms with Crippen LogP contribution in [0, 0.1) is 0 Å². The first-order valence-electron chi connectivity index (χ1n) is 13.9. The van der Waals surface area contributed by atoms with Crippen LogP contribution in [0.15, 0.2) is 10.5 Å². The number of anilines is 1. The van der Waals surface area contributed by atoms with Gasteiger partial charge in [0.1, 0.15) is 29.0 Å². The highest BCUT2D eigenvalue weighted by Gasteiger charge is 2.55. The Labute approximate surface area is 269 Å². The van der Waals surface area contributed by atoms with Gasteiger partial charge in [0, 0.05) is 11.9 Å². The van der Waals surface area contributed by atoms with Crippen LogP contribution < -0.4 is 10.6 Å². The van der Waals surface area contributed by atoms with Crippen molar-refractivity contribution in [2.45, 2.75) is 97.3 Å². The Hall–Kier alpha value is -4.04. The highest BCUT2D eigenvalue weighted by Crippen LogP contribution is 2.27.